The summed E-state index contributed by atoms with van der Waals surface area (Å²) in [5.74, 6) is 0. The van der Waals surface area contributed by atoms with Crippen molar-refractivity contribution >= 4 is 0 Å². The highest BCUT2D eigenvalue weighted by Gasteiger charge is 2.26. The topological polar surface area (TPSA) is 42.4 Å². The van der Waals surface area contributed by atoms with Gasteiger partial charge in [-0.05, 0) is 25.8 Å². The van der Waals surface area contributed by atoms with Crippen LogP contribution >= 0.6 is 0 Å². The highest BCUT2D eigenvalue weighted by molar-refractivity contribution is 5.06. The molecular formula is C12H20N2O. The molecule has 1 fully saturated rings. The molecule has 3 heteroatoms. The average Bonchev–Trinajstić information content (AvgIpc) is 2.74. The van der Waals surface area contributed by atoms with E-state index < -0.39 is 0 Å². The maximum absolute atomic E-state index is 5.82. The van der Waals surface area contributed by atoms with E-state index in [4.69, 9.17) is 10.2 Å². The zero-order valence-electron chi connectivity index (χ0n) is 9.36. The van der Waals surface area contributed by atoms with E-state index in [2.05, 4.69) is 11.8 Å². The maximum atomic E-state index is 5.82. The van der Waals surface area contributed by atoms with Crippen LogP contribution in [0.1, 0.15) is 31.7 Å². The molecule has 1 aromatic rings. The van der Waals surface area contributed by atoms with Crippen LogP contribution in [0.2, 0.25) is 0 Å². The first kappa shape index (κ1) is 10.7. The van der Waals surface area contributed by atoms with Gasteiger partial charge in [-0.25, -0.2) is 0 Å². The Morgan fingerprint density at radius 1 is 1.53 bits per heavy atom. The van der Waals surface area contributed by atoms with Gasteiger partial charge in [0.2, 0.25) is 0 Å². The molecule has 2 heterocycles. The van der Waals surface area contributed by atoms with Gasteiger partial charge in [-0.3, -0.25) is 4.90 Å². The third kappa shape index (κ3) is 2.41. The smallest absolute Gasteiger partial charge is 0.0947 e. The molecule has 2 N–H and O–H groups in total. The number of piperidine rings is 1. The largest absolute Gasteiger partial charge is 0.472 e. The van der Waals surface area contributed by atoms with Crippen molar-refractivity contribution in [2.45, 2.75) is 44.8 Å². The second-order valence-electron chi connectivity index (χ2n) is 4.47. The van der Waals surface area contributed by atoms with E-state index in [9.17, 15) is 0 Å². The Morgan fingerprint density at radius 2 is 2.40 bits per heavy atom. The van der Waals surface area contributed by atoms with Crippen LogP contribution in [0.4, 0.5) is 0 Å². The first-order valence-corrected chi connectivity index (χ1v) is 5.78. The van der Waals surface area contributed by atoms with Crippen molar-refractivity contribution in [2.75, 3.05) is 6.54 Å². The first-order chi connectivity index (χ1) is 7.31. The van der Waals surface area contributed by atoms with Crippen LogP contribution in [0.5, 0.6) is 0 Å². The van der Waals surface area contributed by atoms with Gasteiger partial charge < -0.3 is 10.2 Å². The number of nitrogens with zero attached hydrogens (tertiary/aromatic N) is 1. The molecule has 0 aromatic carbocycles. The molecule has 1 aromatic heterocycles. The minimum atomic E-state index is 0.545. The summed E-state index contributed by atoms with van der Waals surface area (Å²) in [6.07, 6.45) is 7.40. The Hall–Kier alpha value is -0.800. The monoisotopic (exact) mass is 208 g/mol. The predicted molar refractivity (Wildman–Crippen MR) is 60.4 cm³/mol. The molecule has 3 nitrogen and oxygen atoms in total. The molecule has 1 aliphatic rings. The van der Waals surface area contributed by atoms with E-state index in [1.165, 1.54) is 24.8 Å². The van der Waals surface area contributed by atoms with Crippen molar-refractivity contribution in [3.8, 4) is 0 Å². The molecule has 0 aliphatic carbocycles. The van der Waals surface area contributed by atoms with Crippen molar-refractivity contribution in [3.63, 3.8) is 0 Å². The van der Waals surface area contributed by atoms with Gasteiger partial charge in [0.1, 0.15) is 0 Å². The highest BCUT2D eigenvalue weighted by atomic mass is 16.3. The number of hydrogen-bond donors (Lipinski definition) is 1. The van der Waals surface area contributed by atoms with Gasteiger partial charge in [-0.15, -0.1) is 0 Å². The van der Waals surface area contributed by atoms with E-state index >= 15 is 0 Å². The summed E-state index contributed by atoms with van der Waals surface area (Å²) in [5.41, 5.74) is 7.07. The Labute approximate surface area is 91.2 Å². The lowest BCUT2D eigenvalue weighted by atomic mass is 9.96. The summed E-state index contributed by atoms with van der Waals surface area (Å²) >= 11 is 0. The molecule has 2 rings (SSSR count). The number of nitrogens with two attached hydrogens (primary N) is 1. The molecule has 1 aliphatic heterocycles. The van der Waals surface area contributed by atoms with Crippen LogP contribution in [0, 0.1) is 0 Å². The summed E-state index contributed by atoms with van der Waals surface area (Å²) in [7, 11) is 0. The molecule has 0 radical (unpaired) electrons. The summed E-state index contributed by atoms with van der Waals surface area (Å²) in [6, 6.07) is 3.22. The van der Waals surface area contributed by atoms with Crippen molar-refractivity contribution in [1.82, 2.24) is 4.90 Å². The molecule has 1 saturated heterocycles. The molecule has 0 bridgehead atoms. The number of furan rings is 1. The van der Waals surface area contributed by atoms with Crippen LogP contribution in [-0.4, -0.2) is 23.5 Å². The van der Waals surface area contributed by atoms with Crippen molar-refractivity contribution in [3.05, 3.63) is 24.2 Å². The number of likely N-dealkylation sites (tertiary alicyclic amines) is 1. The summed E-state index contributed by atoms with van der Waals surface area (Å²) in [4.78, 5) is 2.51. The molecule has 0 saturated carbocycles. The standard InChI is InChI=1S/C12H20N2O/c1-10-3-2-4-12(7-13)14(10)8-11-5-6-15-9-11/h5-6,9-10,12H,2-4,7-8,13H2,1H3. The van der Waals surface area contributed by atoms with Gasteiger partial charge in [0.15, 0.2) is 0 Å². The van der Waals surface area contributed by atoms with Gasteiger partial charge >= 0.3 is 0 Å². The summed E-state index contributed by atoms with van der Waals surface area (Å²) < 4.78 is 5.10. The zero-order chi connectivity index (χ0) is 10.7. The Morgan fingerprint density at radius 3 is 3.07 bits per heavy atom. The fourth-order valence-corrected chi connectivity index (χ4v) is 2.47. The Kier molecular flexibility index (Phi) is 3.44. The molecule has 0 spiro atoms. The minimum absolute atomic E-state index is 0.545. The number of rotatable bonds is 3. The lowest BCUT2D eigenvalue weighted by Gasteiger charge is -2.40. The third-order valence-corrected chi connectivity index (χ3v) is 3.41. The van der Waals surface area contributed by atoms with E-state index in [0.29, 0.717) is 12.1 Å². The van der Waals surface area contributed by atoms with Gasteiger partial charge in [0, 0.05) is 30.7 Å². The van der Waals surface area contributed by atoms with Crippen molar-refractivity contribution in [2.24, 2.45) is 5.73 Å². The lowest BCUT2D eigenvalue weighted by molar-refractivity contribution is 0.0890. The SMILES string of the molecule is CC1CCCC(CN)N1Cc1ccoc1. The van der Waals surface area contributed by atoms with Gasteiger partial charge in [-0.1, -0.05) is 6.42 Å². The van der Waals surface area contributed by atoms with Crippen LogP contribution in [0.15, 0.2) is 23.0 Å². The maximum Gasteiger partial charge on any atom is 0.0947 e. The molecular weight excluding hydrogens is 188 g/mol. The van der Waals surface area contributed by atoms with E-state index in [0.717, 1.165) is 13.1 Å². The first-order valence-electron chi connectivity index (χ1n) is 5.78. The molecule has 84 valence electrons. The van der Waals surface area contributed by atoms with Crippen LogP contribution in [0.3, 0.4) is 0 Å². The molecule has 15 heavy (non-hydrogen) atoms. The van der Waals surface area contributed by atoms with Gasteiger partial charge in [0.05, 0.1) is 12.5 Å². The highest BCUT2D eigenvalue weighted by Crippen LogP contribution is 2.24. The van der Waals surface area contributed by atoms with E-state index in [1.54, 1.807) is 6.26 Å². The number of hydrogen-bond acceptors (Lipinski definition) is 3. The Balaban J connectivity index is 2.03. The lowest BCUT2D eigenvalue weighted by Crippen LogP contribution is -2.48. The average molecular weight is 208 g/mol. The van der Waals surface area contributed by atoms with E-state index in [-0.39, 0.29) is 0 Å². The summed E-state index contributed by atoms with van der Waals surface area (Å²) in [6.45, 7) is 4.03. The van der Waals surface area contributed by atoms with Crippen LogP contribution < -0.4 is 5.73 Å². The van der Waals surface area contributed by atoms with Crippen LogP contribution in [-0.2, 0) is 6.54 Å². The van der Waals surface area contributed by atoms with Gasteiger partial charge in [-0.2, -0.15) is 0 Å². The van der Waals surface area contributed by atoms with Crippen molar-refractivity contribution in [1.29, 1.82) is 0 Å². The van der Waals surface area contributed by atoms with Gasteiger partial charge in [0.25, 0.3) is 0 Å². The second-order valence-corrected chi connectivity index (χ2v) is 4.47. The van der Waals surface area contributed by atoms with E-state index in [1.807, 2.05) is 12.3 Å². The van der Waals surface area contributed by atoms with Crippen molar-refractivity contribution < 1.29 is 4.42 Å². The predicted octanol–water partition coefficient (Wildman–Crippen LogP) is 1.98. The minimum Gasteiger partial charge on any atom is -0.472 e. The second kappa shape index (κ2) is 4.81. The molecule has 2 atom stereocenters. The zero-order valence-corrected chi connectivity index (χ0v) is 9.36. The quantitative estimate of drug-likeness (QED) is 0.826. The fraction of sp³-hybridized carbons (Fsp3) is 0.667. The normalized spacial score (nSPS) is 28.1. The summed E-state index contributed by atoms with van der Waals surface area (Å²) in [5, 5.41) is 0. The Bertz CT molecular complexity index is 284. The third-order valence-electron chi connectivity index (χ3n) is 3.41. The van der Waals surface area contributed by atoms with Crippen LogP contribution in [0.25, 0.3) is 0 Å². The fourth-order valence-electron chi connectivity index (χ4n) is 2.47. The molecule has 2 unspecified atom stereocenters. The molecule has 0 amide bonds.